The number of aromatic hydroxyl groups is 1. The van der Waals surface area contributed by atoms with Gasteiger partial charge in [0.25, 0.3) is 0 Å². The lowest BCUT2D eigenvalue weighted by Crippen LogP contribution is -2.45. The van der Waals surface area contributed by atoms with E-state index in [0.717, 1.165) is 45.0 Å². The maximum Gasteiger partial charge on any atom is 0.115 e. The van der Waals surface area contributed by atoms with E-state index in [1.165, 1.54) is 16.7 Å². The molecule has 1 aliphatic rings. The molecule has 1 aliphatic heterocycles. The molecule has 4 rings (SSSR count). The van der Waals surface area contributed by atoms with E-state index in [1.54, 1.807) is 6.07 Å². The van der Waals surface area contributed by atoms with Gasteiger partial charge in [-0.15, -0.1) is 0 Å². The van der Waals surface area contributed by atoms with Crippen molar-refractivity contribution in [1.29, 1.82) is 0 Å². The van der Waals surface area contributed by atoms with Crippen LogP contribution < -0.4 is 0 Å². The topological polar surface area (TPSA) is 44.5 Å². The van der Waals surface area contributed by atoms with Gasteiger partial charge in [-0.2, -0.15) is 5.10 Å². The monoisotopic (exact) mass is 362 g/mol. The summed E-state index contributed by atoms with van der Waals surface area (Å²) in [7, 11) is 0. The second-order valence-electron chi connectivity index (χ2n) is 7.30. The predicted molar refractivity (Wildman–Crippen MR) is 107 cm³/mol. The van der Waals surface area contributed by atoms with E-state index in [0.29, 0.717) is 5.75 Å². The third kappa shape index (κ3) is 4.38. The number of phenolic OH excluding ortho intramolecular Hbond substituents is 1. The van der Waals surface area contributed by atoms with Gasteiger partial charge in [-0.05, 0) is 42.3 Å². The molecular weight excluding hydrogens is 336 g/mol. The molecule has 1 fully saturated rings. The third-order valence-electron chi connectivity index (χ3n) is 5.16. The van der Waals surface area contributed by atoms with Gasteiger partial charge in [-0.25, -0.2) is 4.68 Å². The minimum Gasteiger partial charge on any atom is -0.508 e. The van der Waals surface area contributed by atoms with Gasteiger partial charge in [-0.3, -0.25) is 9.80 Å². The summed E-state index contributed by atoms with van der Waals surface area (Å²) in [5.74, 6) is 0.344. The summed E-state index contributed by atoms with van der Waals surface area (Å²) in [6.07, 6.45) is 3.82. The van der Waals surface area contributed by atoms with Crippen LogP contribution in [0.3, 0.4) is 0 Å². The van der Waals surface area contributed by atoms with Crippen LogP contribution in [0.25, 0.3) is 5.69 Å². The highest BCUT2D eigenvalue weighted by molar-refractivity contribution is 5.42. The van der Waals surface area contributed by atoms with Crippen LogP contribution in [-0.4, -0.2) is 50.9 Å². The number of nitrogens with zero attached hydrogens (tertiary/aromatic N) is 4. The fraction of sp³-hybridized carbons (Fsp3) is 0.318. The maximum atomic E-state index is 9.64. The Morgan fingerprint density at radius 2 is 1.70 bits per heavy atom. The molecule has 1 aromatic heterocycles. The summed E-state index contributed by atoms with van der Waals surface area (Å²) in [6, 6.07) is 16.1. The van der Waals surface area contributed by atoms with Gasteiger partial charge in [-0.1, -0.05) is 29.8 Å². The maximum absolute atomic E-state index is 9.64. The Bertz CT molecular complexity index is 883. The van der Waals surface area contributed by atoms with Gasteiger partial charge in [0.15, 0.2) is 0 Å². The minimum atomic E-state index is 0.344. The average Bonchev–Trinajstić information content (AvgIpc) is 3.18. The molecule has 0 spiro atoms. The Labute approximate surface area is 160 Å². The molecule has 27 heavy (non-hydrogen) atoms. The highest BCUT2D eigenvalue weighted by Crippen LogP contribution is 2.20. The molecule has 0 radical (unpaired) electrons. The van der Waals surface area contributed by atoms with Crippen LogP contribution >= 0.6 is 0 Å². The van der Waals surface area contributed by atoms with Crippen molar-refractivity contribution in [2.24, 2.45) is 0 Å². The van der Waals surface area contributed by atoms with Crippen LogP contribution in [0.5, 0.6) is 5.75 Å². The van der Waals surface area contributed by atoms with Crippen LogP contribution in [0, 0.1) is 6.92 Å². The van der Waals surface area contributed by atoms with Gasteiger partial charge in [0, 0.05) is 51.7 Å². The smallest absolute Gasteiger partial charge is 0.115 e. The Morgan fingerprint density at radius 1 is 0.926 bits per heavy atom. The normalized spacial score (nSPS) is 15.9. The number of rotatable bonds is 5. The summed E-state index contributed by atoms with van der Waals surface area (Å²) >= 11 is 0. The quantitative estimate of drug-likeness (QED) is 0.757. The van der Waals surface area contributed by atoms with Crippen molar-refractivity contribution in [3.05, 3.63) is 77.6 Å². The zero-order chi connectivity index (χ0) is 18.6. The molecule has 2 aromatic carbocycles. The highest BCUT2D eigenvalue weighted by Gasteiger charge is 2.18. The zero-order valence-electron chi connectivity index (χ0n) is 15.8. The Balaban J connectivity index is 1.39. The predicted octanol–water partition coefficient (Wildman–Crippen LogP) is 3.20. The van der Waals surface area contributed by atoms with Crippen molar-refractivity contribution in [2.45, 2.75) is 20.0 Å². The summed E-state index contributed by atoms with van der Waals surface area (Å²) in [5.41, 5.74) is 4.93. The first kappa shape index (κ1) is 17.8. The molecule has 0 amide bonds. The summed E-state index contributed by atoms with van der Waals surface area (Å²) in [6.45, 7) is 8.15. The van der Waals surface area contributed by atoms with Crippen molar-refractivity contribution >= 4 is 0 Å². The van der Waals surface area contributed by atoms with E-state index in [4.69, 9.17) is 0 Å². The first-order valence-corrected chi connectivity index (χ1v) is 9.49. The van der Waals surface area contributed by atoms with Crippen LogP contribution in [0.2, 0.25) is 0 Å². The number of phenols is 1. The summed E-state index contributed by atoms with van der Waals surface area (Å²) < 4.78 is 1.95. The van der Waals surface area contributed by atoms with Crippen LogP contribution in [0.4, 0.5) is 0 Å². The lowest BCUT2D eigenvalue weighted by atomic mass is 10.1. The fourth-order valence-electron chi connectivity index (χ4n) is 3.74. The van der Waals surface area contributed by atoms with Crippen LogP contribution in [0.15, 0.2) is 60.9 Å². The van der Waals surface area contributed by atoms with Crippen molar-refractivity contribution in [3.63, 3.8) is 0 Å². The van der Waals surface area contributed by atoms with Gasteiger partial charge in [0.05, 0.1) is 5.69 Å². The lowest BCUT2D eigenvalue weighted by molar-refractivity contribution is 0.122. The number of benzene rings is 2. The number of aromatic nitrogens is 2. The van der Waals surface area contributed by atoms with E-state index in [9.17, 15) is 5.11 Å². The second kappa shape index (κ2) is 7.94. The molecule has 2 heterocycles. The molecule has 0 bridgehead atoms. The number of piperazine rings is 1. The van der Waals surface area contributed by atoms with Crippen molar-refractivity contribution in [3.8, 4) is 11.4 Å². The fourth-order valence-corrected chi connectivity index (χ4v) is 3.74. The number of hydrogen-bond acceptors (Lipinski definition) is 4. The standard InChI is InChI=1S/C22H26N4O/c1-18-6-7-22(26-9-3-8-23-26)20(14-18)17-25-12-10-24(11-13-25)16-19-4-2-5-21(27)15-19/h2-9,14-15,27H,10-13,16-17H2,1H3. The van der Waals surface area contributed by atoms with E-state index >= 15 is 0 Å². The van der Waals surface area contributed by atoms with Crippen molar-refractivity contribution < 1.29 is 5.11 Å². The largest absolute Gasteiger partial charge is 0.508 e. The Hall–Kier alpha value is -2.63. The van der Waals surface area contributed by atoms with E-state index in [2.05, 4.69) is 46.1 Å². The van der Waals surface area contributed by atoms with Crippen LogP contribution in [0.1, 0.15) is 16.7 Å². The minimum absolute atomic E-state index is 0.344. The molecule has 140 valence electrons. The zero-order valence-corrected chi connectivity index (χ0v) is 15.8. The van der Waals surface area contributed by atoms with Gasteiger partial charge in [0.2, 0.25) is 0 Å². The number of aryl methyl sites for hydroxylation is 1. The van der Waals surface area contributed by atoms with E-state index < -0.39 is 0 Å². The molecule has 0 aliphatic carbocycles. The Morgan fingerprint density at radius 3 is 2.41 bits per heavy atom. The van der Waals surface area contributed by atoms with Crippen molar-refractivity contribution in [1.82, 2.24) is 19.6 Å². The molecule has 5 heteroatoms. The van der Waals surface area contributed by atoms with E-state index in [1.807, 2.05) is 35.3 Å². The Kier molecular flexibility index (Phi) is 5.23. The first-order valence-electron chi connectivity index (χ1n) is 9.49. The van der Waals surface area contributed by atoms with Crippen molar-refractivity contribution in [2.75, 3.05) is 26.2 Å². The molecule has 5 nitrogen and oxygen atoms in total. The van der Waals surface area contributed by atoms with Crippen LogP contribution in [-0.2, 0) is 13.1 Å². The summed E-state index contributed by atoms with van der Waals surface area (Å²) in [5, 5.41) is 14.0. The molecule has 0 unspecified atom stereocenters. The van der Waals surface area contributed by atoms with Gasteiger partial charge < -0.3 is 5.11 Å². The molecule has 1 saturated heterocycles. The van der Waals surface area contributed by atoms with E-state index in [-0.39, 0.29) is 0 Å². The highest BCUT2D eigenvalue weighted by atomic mass is 16.3. The summed E-state index contributed by atoms with van der Waals surface area (Å²) in [4.78, 5) is 4.97. The van der Waals surface area contributed by atoms with Gasteiger partial charge >= 0.3 is 0 Å². The molecular formula is C22H26N4O. The average molecular weight is 362 g/mol. The van der Waals surface area contributed by atoms with Gasteiger partial charge in [0.1, 0.15) is 5.75 Å². The lowest BCUT2D eigenvalue weighted by Gasteiger charge is -2.35. The molecule has 0 atom stereocenters. The number of hydrogen-bond donors (Lipinski definition) is 1. The SMILES string of the molecule is Cc1ccc(-n2cccn2)c(CN2CCN(Cc3cccc(O)c3)CC2)c1. The molecule has 0 saturated carbocycles. The second-order valence-corrected chi connectivity index (χ2v) is 7.30. The molecule has 1 N–H and O–H groups in total. The third-order valence-corrected chi connectivity index (χ3v) is 5.16. The molecule has 3 aromatic rings. The first-order chi connectivity index (χ1) is 13.2.